The van der Waals surface area contributed by atoms with E-state index in [2.05, 4.69) is 10.0 Å². The van der Waals surface area contributed by atoms with Crippen LogP contribution in [0.15, 0.2) is 82.4 Å². The van der Waals surface area contributed by atoms with Gasteiger partial charge in [0.15, 0.2) is 0 Å². The van der Waals surface area contributed by atoms with Gasteiger partial charge in [0, 0.05) is 36.1 Å². The van der Waals surface area contributed by atoms with Crippen LogP contribution in [0.4, 0.5) is 16.2 Å². The fourth-order valence-corrected chi connectivity index (χ4v) is 7.27. The summed E-state index contributed by atoms with van der Waals surface area (Å²) in [6.45, 7) is 4.01. The van der Waals surface area contributed by atoms with E-state index in [-0.39, 0.29) is 41.6 Å². The zero-order valence-electron chi connectivity index (χ0n) is 24.8. The van der Waals surface area contributed by atoms with Crippen LogP contribution in [0.5, 0.6) is 5.75 Å². The van der Waals surface area contributed by atoms with Crippen molar-refractivity contribution in [2.24, 2.45) is 5.92 Å². The number of nitrogens with zero attached hydrogens (tertiary/aromatic N) is 2. The molecule has 10 nitrogen and oxygen atoms in total. The second-order valence-electron chi connectivity index (χ2n) is 11.1. The maximum atomic E-state index is 13.5. The monoisotopic (exact) mass is 636 g/mol. The molecule has 1 aliphatic rings. The number of thiophene rings is 1. The quantitative estimate of drug-likeness (QED) is 0.249. The number of benzene rings is 3. The summed E-state index contributed by atoms with van der Waals surface area (Å²) in [7, 11) is -2.11. The van der Waals surface area contributed by atoms with Crippen molar-refractivity contribution in [1.29, 1.82) is 0 Å². The number of hydrogen-bond acceptors (Lipinski definition) is 7. The van der Waals surface area contributed by atoms with E-state index in [1.165, 1.54) is 6.07 Å². The number of carbonyl (C=O) groups excluding carboxylic acids is 2. The van der Waals surface area contributed by atoms with Crippen LogP contribution in [0.1, 0.15) is 19.4 Å². The van der Waals surface area contributed by atoms with Gasteiger partial charge in [-0.1, -0.05) is 49.4 Å². The van der Waals surface area contributed by atoms with Gasteiger partial charge in [0.1, 0.15) is 16.1 Å². The lowest BCUT2D eigenvalue weighted by Gasteiger charge is -2.34. The molecule has 0 saturated heterocycles. The van der Waals surface area contributed by atoms with Gasteiger partial charge in [-0.15, -0.1) is 11.3 Å². The van der Waals surface area contributed by atoms with Crippen LogP contribution >= 0.6 is 11.3 Å². The number of fused-ring (bicyclic) bond motifs is 2. The summed E-state index contributed by atoms with van der Waals surface area (Å²) in [5, 5.41) is 16.5. The summed E-state index contributed by atoms with van der Waals surface area (Å²) in [6.07, 6.45) is -0.574. The van der Waals surface area contributed by atoms with Crippen LogP contribution in [0.3, 0.4) is 0 Å². The van der Waals surface area contributed by atoms with Crippen molar-refractivity contribution in [2.75, 3.05) is 36.8 Å². The maximum Gasteiger partial charge on any atom is 0.321 e. The fourth-order valence-electron chi connectivity index (χ4n) is 5.23. The fraction of sp³-hybridized carbons (Fsp3) is 0.312. The Kier molecular flexibility index (Phi) is 9.42. The molecule has 1 aliphatic heterocycles. The molecule has 0 unspecified atom stereocenters. The molecule has 2 heterocycles. The molecular formula is C32H36N4O6S2. The van der Waals surface area contributed by atoms with Crippen LogP contribution < -0.4 is 14.8 Å². The molecule has 0 bridgehead atoms. The first kappa shape index (κ1) is 31.3. The molecule has 3 atom stereocenters. The second-order valence-corrected chi connectivity index (χ2v) is 13.9. The summed E-state index contributed by atoms with van der Waals surface area (Å²) >= 11 is 1.11. The highest BCUT2D eigenvalue weighted by atomic mass is 32.2. The van der Waals surface area contributed by atoms with Gasteiger partial charge in [-0.2, -0.15) is 0 Å². The third-order valence-corrected chi connectivity index (χ3v) is 10.5. The molecule has 0 spiro atoms. The topological polar surface area (TPSA) is 128 Å². The number of hydrogen-bond donors (Lipinski definition) is 3. The number of sulfonamides is 1. The summed E-state index contributed by atoms with van der Waals surface area (Å²) in [6, 6.07) is 20.8. The molecular weight excluding hydrogens is 601 g/mol. The van der Waals surface area contributed by atoms with Crippen LogP contribution in [0.25, 0.3) is 10.8 Å². The van der Waals surface area contributed by atoms with Gasteiger partial charge in [0.25, 0.3) is 10.0 Å². The van der Waals surface area contributed by atoms with E-state index in [1.54, 1.807) is 53.4 Å². The number of amides is 3. The normalized spacial score (nSPS) is 17.9. The lowest BCUT2D eigenvalue weighted by molar-refractivity contribution is -0.134. The number of anilines is 2. The average molecular weight is 637 g/mol. The number of ether oxygens (including phenoxy) is 1. The maximum absolute atomic E-state index is 13.5. The van der Waals surface area contributed by atoms with Gasteiger partial charge in [-0.3, -0.25) is 9.52 Å². The summed E-state index contributed by atoms with van der Waals surface area (Å²) in [4.78, 5) is 30.0. The van der Waals surface area contributed by atoms with Crippen LogP contribution in [0.2, 0.25) is 0 Å². The Bertz CT molecular complexity index is 1740. The molecule has 1 aromatic heterocycles. The van der Waals surface area contributed by atoms with Gasteiger partial charge >= 0.3 is 6.03 Å². The van der Waals surface area contributed by atoms with Gasteiger partial charge in [-0.05, 0) is 48.0 Å². The van der Waals surface area contributed by atoms with E-state index in [0.29, 0.717) is 29.2 Å². The lowest BCUT2D eigenvalue weighted by Crippen LogP contribution is -2.48. The van der Waals surface area contributed by atoms with Gasteiger partial charge in [0.05, 0.1) is 31.3 Å². The molecule has 44 heavy (non-hydrogen) atoms. The first-order chi connectivity index (χ1) is 21.1. The Hall–Kier alpha value is -4.13. The molecule has 3 aromatic carbocycles. The number of rotatable bonds is 8. The van der Waals surface area contributed by atoms with Crippen LogP contribution in [0, 0.1) is 5.92 Å². The number of nitrogens with one attached hydrogen (secondary N) is 2. The minimum atomic E-state index is -3.80. The number of carbonyl (C=O) groups is 2. The summed E-state index contributed by atoms with van der Waals surface area (Å²) in [5.74, 6) is -0.0106. The van der Waals surface area contributed by atoms with Gasteiger partial charge in [0.2, 0.25) is 5.91 Å². The molecule has 3 amide bonds. The van der Waals surface area contributed by atoms with Gasteiger partial charge < -0.3 is 25.0 Å². The smallest absolute Gasteiger partial charge is 0.321 e. The van der Waals surface area contributed by atoms with E-state index in [0.717, 1.165) is 22.1 Å². The molecule has 4 aromatic rings. The Morgan fingerprint density at radius 3 is 2.66 bits per heavy atom. The molecule has 0 saturated carbocycles. The van der Waals surface area contributed by atoms with Crippen LogP contribution in [-0.4, -0.2) is 74.2 Å². The lowest BCUT2D eigenvalue weighted by atomic mass is 10.0. The number of likely N-dealkylation sites (N-methyl/N-ethyl adjacent to an activating group) is 1. The average Bonchev–Trinajstić information content (AvgIpc) is 3.57. The number of urea groups is 1. The van der Waals surface area contributed by atoms with E-state index in [9.17, 15) is 23.1 Å². The first-order valence-corrected chi connectivity index (χ1v) is 16.7. The van der Waals surface area contributed by atoms with Crippen molar-refractivity contribution in [3.05, 3.63) is 83.7 Å². The predicted octanol–water partition coefficient (Wildman–Crippen LogP) is 5.02. The molecule has 0 fully saturated rings. The van der Waals surface area contributed by atoms with Crippen molar-refractivity contribution in [3.8, 4) is 5.75 Å². The predicted molar refractivity (Wildman–Crippen MR) is 173 cm³/mol. The van der Waals surface area contributed by atoms with E-state index in [1.807, 2.05) is 49.4 Å². The van der Waals surface area contributed by atoms with Crippen molar-refractivity contribution in [2.45, 2.75) is 36.6 Å². The highest BCUT2D eigenvalue weighted by molar-refractivity contribution is 7.94. The van der Waals surface area contributed by atoms with E-state index >= 15 is 0 Å². The van der Waals surface area contributed by atoms with E-state index < -0.39 is 22.2 Å². The van der Waals surface area contributed by atoms with E-state index in [4.69, 9.17) is 4.74 Å². The molecule has 0 aliphatic carbocycles. The van der Waals surface area contributed by atoms with Crippen molar-refractivity contribution >= 4 is 55.4 Å². The zero-order chi connectivity index (χ0) is 31.4. The minimum Gasteiger partial charge on any atom is -0.488 e. The standard InChI is InChI=1S/C32H36N4O6S2/c1-21-18-36(22(2)20-37)30(38)17-24-16-25(34-44(40,41)31-12-7-15-43-31)13-14-28(24)42-29(21)19-35(3)32(39)33-27-11-6-9-23-8-4-5-10-26(23)27/h4-16,21-22,29,34,37H,17-20H2,1-3H3,(H,33,39)/t21-,22-,29+/m1/s1. The summed E-state index contributed by atoms with van der Waals surface area (Å²) in [5.41, 5.74) is 1.49. The van der Waals surface area contributed by atoms with Crippen molar-refractivity contribution < 1.29 is 27.9 Å². The highest BCUT2D eigenvalue weighted by Gasteiger charge is 2.32. The Morgan fingerprint density at radius 2 is 1.91 bits per heavy atom. The summed E-state index contributed by atoms with van der Waals surface area (Å²) < 4.78 is 35.0. The van der Waals surface area contributed by atoms with Crippen LogP contribution in [-0.2, 0) is 21.2 Å². The third kappa shape index (κ3) is 6.98. The molecule has 5 rings (SSSR count). The first-order valence-electron chi connectivity index (χ1n) is 14.3. The molecule has 232 valence electrons. The third-order valence-electron chi connectivity index (χ3n) is 7.76. The minimum absolute atomic E-state index is 0.0505. The second kappa shape index (κ2) is 13.2. The van der Waals surface area contributed by atoms with Crippen molar-refractivity contribution in [3.63, 3.8) is 0 Å². The Labute approximate surface area is 261 Å². The SMILES string of the molecule is C[C@@H]1CN([C@H](C)CO)C(=O)Cc2cc(NS(=O)(=O)c3cccs3)ccc2O[C@H]1CN(C)C(=O)Nc1cccc2ccccc12. The Morgan fingerprint density at radius 1 is 1.14 bits per heavy atom. The molecule has 0 radical (unpaired) electrons. The molecule has 12 heteroatoms. The molecule has 3 N–H and O–H groups in total. The van der Waals surface area contributed by atoms with Gasteiger partial charge in [-0.25, -0.2) is 13.2 Å². The Balaban J connectivity index is 1.41. The van der Waals surface area contributed by atoms with Crippen molar-refractivity contribution in [1.82, 2.24) is 9.80 Å². The largest absolute Gasteiger partial charge is 0.488 e. The highest BCUT2D eigenvalue weighted by Crippen LogP contribution is 2.31. The zero-order valence-corrected chi connectivity index (χ0v) is 26.4. The number of aliphatic hydroxyl groups is 1. The number of aliphatic hydroxyl groups excluding tert-OH is 1.